The van der Waals surface area contributed by atoms with Gasteiger partial charge in [0.2, 0.25) is 0 Å². The molecule has 0 aliphatic rings. The van der Waals surface area contributed by atoms with Crippen LogP contribution in [0.2, 0.25) is 5.02 Å². The molecular weight excluding hydrogens is 328 g/mol. The number of rotatable bonds is 3. The van der Waals surface area contributed by atoms with Gasteiger partial charge >= 0.3 is 0 Å². The van der Waals surface area contributed by atoms with E-state index in [1.165, 1.54) is 0 Å². The highest BCUT2D eigenvalue weighted by Crippen LogP contribution is 2.21. The van der Waals surface area contributed by atoms with Crippen molar-refractivity contribution in [3.05, 3.63) is 62.8 Å². The van der Waals surface area contributed by atoms with E-state index in [0.29, 0.717) is 17.3 Å². The number of hydrogen-bond acceptors (Lipinski definition) is 2. The molecule has 0 saturated carbocycles. The van der Waals surface area contributed by atoms with Gasteiger partial charge in [0, 0.05) is 21.7 Å². The van der Waals surface area contributed by atoms with E-state index < -0.39 is 0 Å². The number of carbonyl (C=O) groups is 1. The van der Waals surface area contributed by atoms with Crippen molar-refractivity contribution >= 4 is 33.4 Å². The second-order valence-electron chi connectivity index (χ2n) is 4.08. The lowest BCUT2D eigenvalue weighted by molar-refractivity contribution is 0.0945. The van der Waals surface area contributed by atoms with Crippen LogP contribution in [0.5, 0.6) is 0 Å². The molecule has 1 amide bonds. The fourth-order valence-electron chi connectivity index (χ4n) is 1.60. The maximum absolute atomic E-state index is 11.9. The number of halogens is 2. The van der Waals surface area contributed by atoms with E-state index in [2.05, 4.69) is 26.2 Å². The summed E-state index contributed by atoms with van der Waals surface area (Å²) in [6.45, 7) is 2.23. The van der Waals surface area contributed by atoms with Gasteiger partial charge in [0.15, 0.2) is 0 Å². The molecule has 1 aromatic carbocycles. The van der Waals surface area contributed by atoms with Crippen LogP contribution in [0.15, 0.2) is 40.9 Å². The zero-order chi connectivity index (χ0) is 13.8. The second-order valence-corrected chi connectivity index (χ2v) is 5.41. The number of nitrogens with zero attached hydrogens (tertiary/aromatic N) is 1. The van der Waals surface area contributed by atoms with E-state index >= 15 is 0 Å². The molecule has 1 aromatic heterocycles. The van der Waals surface area contributed by atoms with Crippen LogP contribution in [-0.4, -0.2) is 10.9 Å². The van der Waals surface area contributed by atoms with Crippen molar-refractivity contribution < 1.29 is 4.79 Å². The van der Waals surface area contributed by atoms with E-state index in [-0.39, 0.29) is 5.91 Å². The van der Waals surface area contributed by atoms with Crippen molar-refractivity contribution in [1.29, 1.82) is 0 Å². The number of hydrogen-bond donors (Lipinski definition) is 1. The van der Waals surface area contributed by atoms with E-state index in [0.717, 1.165) is 15.7 Å². The molecule has 98 valence electrons. The summed E-state index contributed by atoms with van der Waals surface area (Å²) in [5.74, 6) is -0.206. The maximum Gasteiger partial charge on any atom is 0.270 e. The summed E-state index contributed by atoms with van der Waals surface area (Å²) >= 11 is 9.43. The van der Waals surface area contributed by atoms with Crippen LogP contribution in [0.4, 0.5) is 0 Å². The van der Waals surface area contributed by atoms with Crippen LogP contribution in [0.25, 0.3) is 0 Å². The Bertz CT molecular complexity index is 616. The predicted octanol–water partition coefficient (Wildman–Crippen LogP) is 3.74. The van der Waals surface area contributed by atoms with Gasteiger partial charge in [-0.1, -0.05) is 39.7 Å². The first-order chi connectivity index (χ1) is 9.06. The number of aromatic nitrogens is 1. The standard InChI is InChI=1S/C14H12BrClN2O/c1-9-3-2-4-13(18-9)14(19)17-8-10-5-6-11(15)7-12(10)16/h2-7H,8H2,1H3,(H,17,19). The monoisotopic (exact) mass is 338 g/mol. The smallest absolute Gasteiger partial charge is 0.270 e. The van der Waals surface area contributed by atoms with Gasteiger partial charge in [0.05, 0.1) is 0 Å². The minimum absolute atomic E-state index is 0.206. The van der Waals surface area contributed by atoms with Crippen molar-refractivity contribution in [2.75, 3.05) is 0 Å². The Balaban J connectivity index is 2.04. The van der Waals surface area contributed by atoms with E-state index in [1.54, 1.807) is 12.1 Å². The van der Waals surface area contributed by atoms with E-state index in [4.69, 9.17) is 11.6 Å². The summed E-state index contributed by atoms with van der Waals surface area (Å²) in [5, 5.41) is 3.42. The molecule has 0 fully saturated rings. The van der Waals surface area contributed by atoms with Crippen LogP contribution in [0.1, 0.15) is 21.7 Å². The molecule has 5 heteroatoms. The van der Waals surface area contributed by atoms with Crippen molar-refractivity contribution in [1.82, 2.24) is 10.3 Å². The molecule has 1 heterocycles. The highest BCUT2D eigenvalue weighted by atomic mass is 79.9. The summed E-state index contributed by atoms with van der Waals surface area (Å²) in [4.78, 5) is 16.1. The Morgan fingerprint density at radius 2 is 2.16 bits per heavy atom. The Morgan fingerprint density at radius 1 is 1.37 bits per heavy atom. The van der Waals surface area contributed by atoms with Crippen molar-refractivity contribution in [3.8, 4) is 0 Å². The molecule has 0 saturated heterocycles. The average molecular weight is 340 g/mol. The van der Waals surface area contributed by atoms with Gasteiger partial charge in [-0.15, -0.1) is 0 Å². The van der Waals surface area contributed by atoms with Gasteiger partial charge in [0.25, 0.3) is 5.91 Å². The Labute approximate surface area is 125 Å². The average Bonchev–Trinajstić information content (AvgIpc) is 2.37. The van der Waals surface area contributed by atoms with Gasteiger partial charge in [-0.3, -0.25) is 4.79 Å². The quantitative estimate of drug-likeness (QED) is 0.925. The zero-order valence-corrected chi connectivity index (χ0v) is 12.6. The molecule has 1 N–H and O–H groups in total. The third kappa shape index (κ3) is 3.78. The van der Waals surface area contributed by atoms with Gasteiger partial charge in [-0.25, -0.2) is 4.98 Å². The van der Waals surface area contributed by atoms with Crippen molar-refractivity contribution in [3.63, 3.8) is 0 Å². The molecule has 2 aromatic rings. The molecule has 0 atom stereocenters. The van der Waals surface area contributed by atoms with Gasteiger partial charge in [-0.2, -0.15) is 0 Å². The molecule has 2 rings (SSSR count). The van der Waals surface area contributed by atoms with Crippen LogP contribution < -0.4 is 5.32 Å². The minimum atomic E-state index is -0.206. The number of benzene rings is 1. The van der Waals surface area contributed by atoms with Crippen molar-refractivity contribution in [2.24, 2.45) is 0 Å². The lowest BCUT2D eigenvalue weighted by atomic mass is 10.2. The first-order valence-electron chi connectivity index (χ1n) is 5.72. The third-order valence-electron chi connectivity index (χ3n) is 2.58. The molecule has 0 unspecified atom stereocenters. The zero-order valence-electron chi connectivity index (χ0n) is 10.3. The fourth-order valence-corrected chi connectivity index (χ4v) is 2.34. The van der Waals surface area contributed by atoms with Crippen LogP contribution in [0.3, 0.4) is 0 Å². The van der Waals surface area contributed by atoms with Crippen LogP contribution in [0, 0.1) is 6.92 Å². The third-order valence-corrected chi connectivity index (χ3v) is 3.42. The highest BCUT2D eigenvalue weighted by molar-refractivity contribution is 9.10. The normalized spacial score (nSPS) is 10.3. The minimum Gasteiger partial charge on any atom is -0.347 e. The summed E-state index contributed by atoms with van der Waals surface area (Å²) < 4.78 is 0.910. The van der Waals surface area contributed by atoms with Crippen molar-refractivity contribution in [2.45, 2.75) is 13.5 Å². The van der Waals surface area contributed by atoms with E-state index in [9.17, 15) is 4.79 Å². The summed E-state index contributed by atoms with van der Waals surface area (Å²) in [6.07, 6.45) is 0. The Hall–Kier alpha value is -1.39. The van der Waals surface area contributed by atoms with Crippen LogP contribution >= 0.6 is 27.5 Å². The summed E-state index contributed by atoms with van der Waals surface area (Å²) in [7, 11) is 0. The highest BCUT2D eigenvalue weighted by Gasteiger charge is 2.08. The molecule has 0 aliphatic carbocycles. The molecule has 0 bridgehead atoms. The predicted molar refractivity (Wildman–Crippen MR) is 79.3 cm³/mol. The topological polar surface area (TPSA) is 42.0 Å². The first-order valence-corrected chi connectivity index (χ1v) is 6.89. The number of aryl methyl sites for hydroxylation is 1. The number of amides is 1. The SMILES string of the molecule is Cc1cccc(C(=O)NCc2ccc(Br)cc2Cl)n1. The van der Waals surface area contributed by atoms with Gasteiger partial charge in [0.1, 0.15) is 5.69 Å². The Morgan fingerprint density at radius 3 is 2.84 bits per heavy atom. The molecule has 0 spiro atoms. The molecule has 0 aliphatic heterocycles. The van der Waals surface area contributed by atoms with E-state index in [1.807, 2.05) is 31.2 Å². The fraction of sp³-hybridized carbons (Fsp3) is 0.143. The second kappa shape index (κ2) is 6.17. The first kappa shape index (κ1) is 14.0. The lowest BCUT2D eigenvalue weighted by Gasteiger charge is -2.07. The van der Waals surface area contributed by atoms with Crippen LogP contribution in [-0.2, 0) is 6.54 Å². The number of carbonyl (C=O) groups excluding carboxylic acids is 1. The molecule has 3 nitrogen and oxygen atoms in total. The number of nitrogens with one attached hydrogen (secondary N) is 1. The number of pyridine rings is 1. The molecule has 19 heavy (non-hydrogen) atoms. The largest absolute Gasteiger partial charge is 0.347 e. The lowest BCUT2D eigenvalue weighted by Crippen LogP contribution is -2.24. The maximum atomic E-state index is 11.9. The Kier molecular flexibility index (Phi) is 4.56. The molecular formula is C14H12BrClN2O. The summed E-state index contributed by atoms with van der Waals surface area (Å²) in [6, 6.07) is 10.9. The summed E-state index contributed by atoms with van der Waals surface area (Å²) in [5.41, 5.74) is 2.09. The molecule has 0 radical (unpaired) electrons. The van der Waals surface area contributed by atoms with Gasteiger partial charge < -0.3 is 5.32 Å². The van der Waals surface area contributed by atoms with Gasteiger partial charge in [-0.05, 0) is 36.8 Å².